The molecule has 2 heterocycles. The van der Waals surface area contributed by atoms with Crippen LogP contribution in [-0.4, -0.2) is 64.6 Å². The second kappa shape index (κ2) is 13.2. The summed E-state index contributed by atoms with van der Waals surface area (Å²) in [5.74, 6) is -0.211. The number of piperidine rings is 1. The summed E-state index contributed by atoms with van der Waals surface area (Å²) in [6, 6.07) is 10.5. The Morgan fingerprint density at radius 2 is 1.73 bits per heavy atom. The number of hydrogen-bond donors (Lipinski definition) is 1. The summed E-state index contributed by atoms with van der Waals surface area (Å²) in [6.07, 6.45) is -1.12. The summed E-state index contributed by atoms with van der Waals surface area (Å²) in [4.78, 5) is 24.3. The first-order valence-corrected chi connectivity index (χ1v) is 15.5. The molecule has 1 aliphatic heterocycles. The van der Waals surface area contributed by atoms with Crippen LogP contribution in [-0.2, 0) is 27.4 Å². The van der Waals surface area contributed by atoms with Crippen molar-refractivity contribution in [1.29, 1.82) is 0 Å². The molecule has 3 aromatic rings. The topological polar surface area (TPSA) is 114 Å². The lowest BCUT2D eigenvalue weighted by atomic mass is 10.1. The Morgan fingerprint density at radius 1 is 1.02 bits per heavy atom. The fourth-order valence-corrected chi connectivity index (χ4v) is 6.81. The van der Waals surface area contributed by atoms with Crippen molar-refractivity contribution >= 4 is 33.5 Å². The summed E-state index contributed by atoms with van der Waals surface area (Å²) in [6.45, 7) is 2.69. The third-order valence-corrected chi connectivity index (χ3v) is 9.39. The van der Waals surface area contributed by atoms with E-state index < -0.39 is 21.8 Å². The molecule has 1 aromatic heterocycles. The van der Waals surface area contributed by atoms with Crippen molar-refractivity contribution in [2.45, 2.75) is 55.3 Å². The molecule has 0 saturated carbocycles. The van der Waals surface area contributed by atoms with Crippen molar-refractivity contribution in [1.82, 2.24) is 24.4 Å². The number of alkyl halides is 3. The SMILES string of the molecule is CC(=O)NCCCc1nnc(SCC(=O)c2ccc(S(=O)(=O)N3CCCCC3)cc2)n1-c1cccc(C(F)(F)F)c1. The predicted molar refractivity (Wildman–Crippen MR) is 147 cm³/mol. The van der Waals surface area contributed by atoms with Gasteiger partial charge in [0.05, 0.1) is 16.2 Å². The van der Waals surface area contributed by atoms with Crippen LogP contribution in [0.4, 0.5) is 13.2 Å². The summed E-state index contributed by atoms with van der Waals surface area (Å²) >= 11 is 1.02. The van der Waals surface area contributed by atoms with Crippen LogP contribution in [0.2, 0.25) is 0 Å². The van der Waals surface area contributed by atoms with Gasteiger partial charge < -0.3 is 5.32 Å². The maximum absolute atomic E-state index is 13.4. The highest BCUT2D eigenvalue weighted by molar-refractivity contribution is 7.99. The number of nitrogens with one attached hydrogen (secondary N) is 1. The number of nitrogens with zero attached hydrogens (tertiary/aromatic N) is 4. The molecule has 1 N–H and O–H groups in total. The second-order valence-corrected chi connectivity index (χ2v) is 12.5. The molecule has 0 radical (unpaired) electrons. The average Bonchev–Trinajstić information content (AvgIpc) is 3.36. The third-order valence-electron chi connectivity index (χ3n) is 6.54. The molecule has 1 fully saturated rings. The molecule has 220 valence electrons. The molecule has 0 aliphatic carbocycles. The highest BCUT2D eigenvalue weighted by Gasteiger charge is 2.31. The van der Waals surface area contributed by atoms with E-state index in [0.717, 1.165) is 43.2 Å². The summed E-state index contributed by atoms with van der Waals surface area (Å²) in [5.41, 5.74) is -0.336. The van der Waals surface area contributed by atoms with Crippen molar-refractivity contribution in [2.24, 2.45) is 0 Å². The van der Waals surface area contributed by atoms with E-state index in [1.54, 1.807) is 0 Å². The van der Waals surface area contributed by atoms with Gasteiger partial charge in [-0.15, -0.1) is 10.2 Å². The minimum atomic E-state index is -4.55. The van der Waals surface area contributed by atoms with Gasteiger partial charge in [-0.1, -0.05) is 36.4 Å². The molecule has 9 nitrogen and oxygen atoms in total. The van der Waals surface area contributed by atoms with Gasteiger partial charge in [0.25, 0.3) is 0 Å². The fraction of sp³-hybridized carbons (Fsp3) is 0.407. The van der Waals surface area contributed by atoms with Crippen molar-refractivity contribution in [3.8, 4) is 5.69 Å². The van der Waals surface area contributed by atoms with Gasteiger partial charge in [-0.2, -0.15) is 17.5 Å². The first-order valence-electron chi connectivity index (χ1n) is 13.1. The van der Waals surface area contributed by atoms with Gasteiger partial charge in [0, 0.05) is 44.2 Å². The van der Waals surface area contributed by atoms with Gasteiger partial charge in [0.1, 0.15) is 5.82 Å². The minimum Gasteiger partial charge on any atom is -0.356 e. The van der Waals surface area contributed by atoms with Crippen molar-refractivity contribution in [2.75, 3.05) is 25.4 Å². The molecule has 1 amide bonds. The standard InChI is InChI=1S/C27H30F3N5O4S2/c1-19(36)31-14-6-9-25-32-33-26(35(25)22-8-5-7-21(17-22)27(28,29)30)40-18-24(37)20-10-12-23(13-11-20)41(38,39)34-15-3-2-4-16-34/h5,7-8,10-13,17H,2-4,6,9,14-16,18H2,1H3,(H,31,36). The van der Waals surface area contributed by atoms with Crippen LogP contribution in [0.1, 0.15) is 54.4 Å². The number of sulfonamides is 1. The van der Waals surface area contributed by atoms with Crippen LogP contribution in [0.5, 0.6) is 0 Å². The molecule has 1 saturated heterocycles. The van der Waals surface area contributed by atoms with E-state index in [4.69, 9.17) is 0 Å². The molecule has 41 heavy (non-hydrogen) atoms. The summed E-state index contributed by atoms with van der Waals surface area (Å²) in [7, 11) is -3.63. The Kier molecular flexibility index (Phi) is 9.87. The Balaban J connectivity index is 1.51. The molecule has 0 unspecified atom stereocenters. The summed E-state index contributed by atoms with van der Waals surface area (Å²) < 4.78 is 69.0. The van der Waals surface area contributed by atoms with E-state index in [1.165, 1.54) is 52.2 Å². The number of carbonyl (C=O) groups excluding carboxylic acids is 2. The van der Waals surface area contributed by atoms with Crippen LogP contribution in [0, 0.1) is 0 Å². The number of carbonyl (C=O) groups is 2. The fourth-order valence-electron chi connectivity index (χ4n) is 4.43. The number of hydrogen-bond acceptors (Lipinski definition) is 7. The number of benzene rings is 2. The molecule has 0 bridgehead atoms. The molecule has 0 atom stereocenters. The number of Topliss-reactive ketones (excluding diaryl/α,β-unsaturated/α-hetero) is 1. The zero-order chi connectivity index (χ0) is 29.6. The Labute approximate surface area is 240 Å². The molecule has 0 spiro atoms. The monoisotopic (exact) mass is 609 g/mol. The second-order valence-electron chi connectivity index (χ2n) is 9.57. The predicted octanol–water partition coefficient (Wildman–Crippen LogP) is 4.50. The lowest BCUT2D eigenvalue weighted by Gasteiger charge is -2.25. The molecule has 2 aromatic carbocycles. The van der Waals surface area contributed by atoms with Gasteiger partial charge in [0.15, 0.2) is 10.9 Å². The number of rotatable bonds is 11. The number of ketones is 1. The van der Waals surface area contributed by atoms with Gasteiger partial charge in [-0.25, -0.2) is 8.42 Å². The first-order chi connectivity index (χ1) is 19.5. The number of aromatic nitrogens is 3. The lowest BCUT2D eigenvalue weighted by Crippen LogP contribution is -2.35. The molecule has 14 heteroatoms. The van der Waals surface area contributed by atoms with Crippen LogP contribution < -0.4 is 5.32 Å². The first kappa shape index (κ1) is 30.7. The van der Waals surface area contributed by atoms with Gasteiger partial charge >= 0.3 is 6.18 Å². The molecular weight excluding hydrogens is 579 g/mol. The Bertz CT molecular complexity index is 1490. The number of halogens is 3. The van der Waals surface area contributed by atoms with Gasteiger partial charge in [-0.05, 0) is 49.6 Å². The van der Waals surface area contributed by atoms with Crippen molar-refractivity contribution in [3.05, 3.63) is 65.5 Å². The van der Waals surface area contributed by atoms with Gasteiger partial charge in [-0.3, -0.25) is 14.2 Å². The van der Waals surface area contributed by atoms with Crippen molar-refractivity contribution in [3.63, 3.8) is 0 Å². The maximum atomic E-state index is 13.4. The van der Waals surface area contributed by atoms with E-state index in [-0.39, 0.29) is 33.2 Å². The highest BCUT2D eigenvalue weighted by Crippen LogP contribution is 2.32. The lowest BCUT2D eigenvalue weighted by molar-refractivity contribution is -0.137. The van der Waals surface area contributed by atoms with Gasteiger partial charge in [0.2, 0.25) is 15.9 Å². The number of thioether (sulfide) groups is 1. The smallest absolute Gasteiger partial charge is 0.356 e. The number of amides is 1. The molecule has 4 rings (SSSR count). The van der Waals surface area contributed by atoms with E-state index in [9.17, 15) is 31.2 Å². The van der Waals surface area contributed by atoms with E-state index in [1.807, 2.05) is 0 Å². The van der Waals surface area contributed by atoms with Crippen LogP contribution in [0.3, 0.4) is 0 Å². The summed E-state index contributed by atoms with van der Waals surface area (Å²) in [5, 5.41) is 11.2. The van der Waals surface area contributed by atoms with Crippen LogP contribution in [0.15, 0.2) is 58.6 Å². The van der Waals surface area contributed by atoms with E-state index >= 15 is 0 Å². The Hall–Kier alpha value is -3.23. The van der Waals surface area contributed by atoms with E-state index in [0.29, 0.717) is 43.9 Å². The highest BCUT2D eigenvalue weighted by atomic mass is 32.2. The van der Waals surface area contributed by atoms with Crippen LogP contribution >= 0.6 is 11.8 Å². The zero-order valence-corrected chi connectivity index (χ0v) is 24.0. The molecular formula is C27H30F3N5O4S2. The molecule has 1 aliphatic rings. The van der Waals surface area contributed by atoms with E-state index in [2.05, 4.69) is 15.5 Å². The normalized spacial score (nSPS) is 14.6. The minimum absolute atomic E-state index is 0.0960. The Morgan fingerprint density at radius 3 is 2.39 bits per heavy atom. The largest absolute Gasteiger partial charge is 0.416 e. The van der Waals surface area contributed by atoms with Crippen LogP contribution in [0.25, 0.3) is 5.69 Å². The number of aryl methyl sites for hydroxylation is 1. The van der Waals surface area contributed by atoms with Crippen molar-refractivity contribution < 1.29 is 31.2 Å². The quantitative estimate of drug-likeness (QED) is 0.193. The third kappa shape index (κ3) is 7.74. The zero-order valence-electron chi connectivity index (χ0n) is 22.4. The average molecular weight is 610 g/mol. The maximum Gasteiger partial charge on any atom is 0.416 e.